The maximum Gasteiger partial charge on any atom is 0.311 e. The molecule has 14 heteroatoms. The van der Waals surface area contributed by atoms with Gasteiger partial charge in [-0.3, -0.25) is 14.5 Å². The van der Waals surface area contributed by atoms with Crippen LogP contribution in [0, 0.1) is 36.5 Å². The lowest BCUT2D eigenvalue weighted by atomic mass is 9.68. The Morgan fingerprint density at radius 2 is 1.47 bits per heavy atom. The fourth-order valence-corrected chi connectivity index (χ4v) is 9.79. The number of hydrogen-bond acceptors (Lipinski definition) is 14. The van der Waals surface area contributed by atoms with Gasteiger partial charge in [-0.2, -0.15) is 0 Å². The first-order chi connectivity index (χ1) is 27.9. The van der Waals surface area contributed by atoms with Crippen LogP contribution in [0.5, 0.6) is 0 Å². The van der Waals surface area contributed by atoms with Gasteiger partial charge in [0, 0.05) is 56.9 Å². The van der Waals surface area contributed by atoms with E-state index in [4.69, 9.17) is 33.2 Å². The number of Topliss-reactive ketones (excluding diaryl/α,β-unsaturated/α-hetero) is 1. The number of benzene rings is 1. The molecule has 60 heavy (non-hydrogen) atoms. The number of hydrogen-bond donors (Lipinski definition) is 4. The zero-order chi connectivity index (χ0) is 45.2. The molecule has 4 rings (SSSR count). The second-order valence-electron chi connectivity index (χ2n) is 18.9. The molecular formula is C46H77NO13. The van der Waals surface area contributed by atoms with Gasteiger partial charge in [-0.05, 0) is 73.9 Å². The van der Waals surface area contributed by atoms with Gasteiger partial charge in [0.2, 0.25) is 0 Å². The van der Waals surface area contributed by atoms with Crippen molar-refractivity contribution < 1.29 is 63.2 Å². The van der Waals surface area contributed by atoms with Gasteiger partial charge in [-0.15, -0.1) is 0 Å². The Morgan fingerprint density at radius 1 is 0.850 bits per heavy atom. The number of likely N-dealkylation sites (N-methyl/N-ethyl adjacent to an activating group) is 1. The molecule has 1 aromatic rings. The normalized spacial score (nSPS) is 45.3. The van der Waals surface area contributed by atoms with E-state index in [-0.39, 0.29) is 30.8 Å². The van der Waals surface area contributed by atoms with Crippen molar-refractivity contribution >= 4 is 11.8 Å². The fourth-order valence-electron chi connectivity index (χ4n) is 9.79. The van der Waals surface area contributed by atoms with Crippen LogP contribution >= 0.6 is 0 Å². The molecule has 19 atom stereocenters. The van der Waals surface area contributed by atoms with E-state index in [1.165, 1.54) is 21.1 Å². The minimum Gasteiger partial charge on any atom is -0.459 e. The van der Waals surface area contributed by atoms with Crippen LogP contribution in [-0.4, -0.2) is 143 Å². The number of aliphatic hydroxyl groups is 4. The van der Waals surface area contributed by atoms with Crippen LogP contribution in [0.15, 0.2) is 24.3 Å². The van der Waals surface area contributed by atoms with E-state index in [0.717, 1.165) is 11.1 Å². The van der Waals surface area contributed by atoms with Gasteiger partial charge >= 0.3 is 5.97 Å². The largest absolute Gasteiger partial charge is 0.459 e. The third-order valence-electron chi connectivity index (χ3n) is 14.6. The van der Waals surface area contributed by atoms with Crippen LogP contribution in [0.2, 0.25) is 0 Å². The maximum absolute atomic E-state index is 14.4. The van der Waals surface area contributed by atoms with Gasteiger partial charge in [-0.25, -0.2) is 0 Å². The van der Waals surface area contributed by atoms with Gasteiger partial charge in [0.05, 0.1) is 47.6 Å². The molecule has 0 saturated carbocycles. The van der Waals surface area contributed by atoms with Crippen molar-refractivity contribution in [3.05, 3.63) is 35.4 Å². The lowest BCUT2D eigenvalue weighted by Crippen LogP contribution is -2.61. The molecule has 3 aliphatic rings. The highest BCUT2D eigenvalue weighted by Crippen LogP contribution is 2.43. The summed E-state index contributed by atoms with van der Waals surface area (Å²) < 4.78 is 44.6. The fraction of sp³-hybridized carbons (Fsp3) is 0.826. The van der Waals surface area contributed by atoms with E-state index in [0.29, 0.717) is 13.0 Å². The van der Waals surface area contributed by atoms with Crippen LogP contribution in [0.4, 0.5) is 0 Å². The van der Waals surface area contributed by atoms with E-state index in [1.807, 2.05) is 41.7 Å². The summed E-state index contributed by atoms with van der Waals surface area (Å²) in [5, 5.41) is 46.6. The lowest BCUT2D eigenvalue weighted by Gasteiger charge is -2.50. The van der Waals surface area contributed by atoms with Crippen LogP contribution < -0.4 is 0 Å². The molecule has 0 spiro atoms. The monoisotopic (exact) mass is 852 g/mol. The number of aryl methyl sites for hydroxylation is 1. The number of ketones is 1. The number of nitrogens with zero attached hydrogens (tertiary/aromatic N) is 1. The summed E-state index contributed by atoms with van der Waals surface area (Å²) in [4.78, 5) is 30.9. The molecule has 344 valence electrons. The number of carbonyl (C=O) groups is 2. The smallest absolute Gasteiger partial charge is 0.311 e. The predicted octanol–water partition coefficient (Wildman–Crippen LogP) is 4.56. The number of methoxy groups -OCH3 is 2. The molecule has 3 heterocycles. The summed E-state index contributed by atoms with van der Waals surface area (Å²) in [5.41, 5.74) is -2.06. The first-order valence-corrected chi connectivity index (χ1v) is 21.9. The first kappa shape index (κ1) is 50.6. The van der Waals surface area contributed by atoms with Crippen molar-refractivity contribution in [2.24, 2.45) is 29.6 Å². The molecule has 3 fully saturated rings. The molecule has 3 saturated heterocycles. The topological polar surface area (TPSA) is 183 Å². The Morgan fingerprint density at radius 3 is 2.03 bits per heavy atom. The highest BCUT2D eigenvalue weighted by Gasteiger charge is 2.55. The van der Waals surface area contributed by atoms with E-state index in [1.54, 1.807) is 41.5 Å². The molecule has 0 aromatic heterocycles. The van der Waals surface area contributed by atoms with Crippen molar-refractivity contribution in [2.45, 2.75) is 193 Å². The zero-order valence-corrected chi connectivity index (χ0v) is 38.8. The minimum absolute atomic E-state index is 0.121. The standard InChI is InChI=1S/C46H77NO13/c1-16-34-45(11,53)40(50)26(4)36(48)29(7)46(12,55-15)30(8)39(60-43-37(49)33(21-25(3)56-43)47(13)23-32-19-17-24(2)18-20-32)27(5)38(28(6)42(52)58-34)59-35-22-44(10,54-14)41(51)31(9)57-35/h17-20,25-31,33-35,37-41,43,49-51,53H,16,21-23H2,1-15H3/t25-,26+,27+,28-,29+,30-,31+,33+,34?,35?,37-,38-,39-,40-,41+,43?,44-,45-,46+/m1/s1. The molecular weight excluding hydrogens is 774 g/mol. The Bertz CT molecular complexity index is 1560. The molecule has 3 unspecified atom stereocenters. The second kappa shape index (κ2) is 20.2. The lowest BCUT2D eigenvalue weighted by molar-refractivity contribution is -0.313. The van der Waals surface area contributed by atoms with Crippen molar-refractivity contribution in [2.75, 3.05) is 21.3 Å². The first-order valence-electron chi connectivity index (χ1n) is 21.9. The Labute approximate surface area is 358 Å². The van der Waals surface area contributed by atoms with Crippen LogP contribution in [-0.2, 0) is 49.3 Å². The molecule has 14 nitrogen and oxygen atoms in total. The Balaban J connectivity index is 1.85. The van der Waals surface area contributed by atoms with Crippen LogP contribution in [0.3, 0.4) is 0 Å². The van der Waals surface area contributed by atoms with Crippen molar-refractivity contribution in [1.29, 1.82) is 0 Å². The van der Waals surface area contributed by atoms with Crippen molar-refractivity contribution in [3.63, 3.8) is 0 Å². The summed E-state index contributed by atoms with van der Waals surface area (Å²) in [5.74, 6) is -5.39. The number of ether oxygens (including phenoxy) is 7. The highest BCUT2D eigenvalue weighted by atomic mass is 16.7. The van der Waals surface area contributed by atoms with Gasteiger partial charge in [0.1, 0.15) is 29.7 Å². The number of rotatable bonds is 10. The molecule has 0 bridgehead atoms. The summed E-state index contributed by atoms with van der Waals surface area (Å²) in [6.07, 6.45) is -9.07. The summed E-state index contributed by atoms with van der Waals surface area (Å²) >= 11 is 0. The zero-order valence-electron chi connectivity index (χ0n) is 38.8. The number of cyclic esters (lactones) is 1. The van der Waals surface area contributed by atoms with Crippen molar-refractivity contribution in [1.82, 2.24) is 4.90 Å². The predicted molar refractivity (Wildman–Crippen MR) is 225 cm³/mol. The molecule has 3 aliphatic heterocycles. The van der Waals surface area contributed by atoms with E-state index < -0.39 is 108 Å². The Hall–Kier alpha value is -2.08. The van der Waals surface area contributed by atoms with Gasteiger partial charge in [0.25, 0.3) is 0 Å². The molecule has 0 amide bonds. The van der Waals surface area contributed by atoms with E-state index in [9.17, 15) is 30.0 Å². The van der Waals surface area contributed by atoms with Crippen molar-refractivity contribution in [3.8, 4) is 0 Å². The number of esters is 1. The Kier molecular flexibility index (Phi) is 17.0. The summed E-state index contributed by atoms with van der Waals surface area (Å²) in [6, 6.07) is 7.92. The van der Waals surface area contributed by atoms with E-state index >= 15 is 0 Å². The van der Waals surface area contributed by atoms with Gasteiger partial charge < -0.3 is 53.6 Å². The maximum atomic E-state index is 14.4. The molecule has 1 aromatic carbocycles. The minimum atomic E-state index is -2.00. The SMILES string of the molecule is CCC1OC(=O)[C@H](C)[C@H](OC2C[C@@](C)(OC)[C@@H](O)[C@H](C)O2)[C@H](C)[C@@H](OC2O[C@H](C)C[C@H](N(C)Cc3ccc(C)cc3)[C@H]2O)[C@@H](C)[C@@](C)(OC)[C@@H](C)C(=O)[C@H](C)[C@@H](O)[C@]1(C)O. The van der Waals surface area contributed by atoms with Crippen LogP contribution in [0.25, 0.3) is 0 Å². The number of aliphatic hydroxyl groups excluding tert-OH is 3. The molecule has 4 N–H and O–H groups in total. The third-order valence-corrected chi connectivity index (χ3v) is 14.6. The average molecular weight is 852 g/mol. The highest BCUT2D eigenvalue weighted by molar-refractivity contribution is 5.84. The summed E-state index contributed by atoms with van der Waals surface area (Å²) in [7, 11) is 4.99. The van der Waals surface area contributed by atoms with E-state index in [2.05, 4.69) is 29.2 Å². The molecule has 0 radical (unpaired) electrons. The van der Waals surface area contributed by atoms with Gasteiger partial charge in [-0.1, -0.05) is 64.4 Å². The summed E-state index contributed by atoms with van der Waals surface area (Å²) in [6.45, 7) is 21.7. The number of carbonyl (C=O) groups excluding carboxylic acids is 2. The van der Waals surface area contributed by atoms with Crippen LogP contribution in [0.1, 0.15) is 107 Å². The molecule has 0 aliphatic carbocycles. The second-order valence-corrected chi connectivity index (χ2v) is 18.9. The average Bonchev–Trinajstić information content (AvgIpc) is 3.21. The van der Waals surface area contributed by atoms with Gasteiger partial charge in [0.15, 0.2) is 12.6 Å². The quantitative estimate of drug-likeness (QED) is 0.241. The third kappa shape index (κ3) is 10.5.